The number of hydrogen-bond acceptors (Lipinski definition) is 2. The molecule has 2 aromatic rings. The van der Waals surface area contributed by atoms with E-state index in [1.54, 1.807) is 6.20 Å². The van der Waals surface area contributed by atoms with Gasteiger partial charge in [-0.05, 0) is 6.42 Å². The van der Waals surface area contributed by atoms with Crippen molar-refractivity contribution in [2.75, 3.05) is 0 Å². The van der Waals surface area contributed by atoms with Crippen molar-refractivity contribution in [3.63, 3.8) is 0 Å². The molecule has 0 fully saturated rings. The Morgan fingerprint density at radius 2 is 2.13 bits per heavy atom. The molecule has 80 valence electrons. The topological polar surface area (TPSA) is 30.2 Å². The summed E-state index contributed by atoms with van der Waals surface area (Å²) in [5.41, 5.74) is 0.105. The summed E-state index contributed by atoms with van der Waals surface area (Å²) < 4.78 is 38.4. The number of rotatable bonds is 1. The van der Waals surface area contributed by atoms with Crippen LogP contribution in [0.4, 0.5) is 13.2 Å². The van der Waals surface area contributed by atoms with Crippen LogP contribution < -0.4 is 0 Å². The third-order valence-corrected chi connectivity index (χ3v) is 2.05. The molecule has 0 N–H and O–H groups in total. The van der Waals surface area contributed by atoms with Gasteiger partial charge in [-0.2, -0.15) is 13.2 Å². The van der Waals surface area contributed by atoms with Crippen LogP contribution in [0.25, 0.3) is 5.65 Å². The molecule has 15 heavy (non-hydrogen) atoms. The van der Waals surface area contributed by atoms with Gasteiger partial charge in [-0.1, -0.05) is 6.92 Å². The van der Waals surface area contributed by atoms with Crippen LogP contribution in [0.3, 0.4) is 0 Å². The minimum absolute atomic E-state index is 0.272. The first-order valence-corrected chi connectivity index (χ1v) is 4.41. The van der Waals surface area contributed by atoms with Crippen molar-refractivity contribution < 1.29 is 13.2 Å². The zero-order chi connectivity index (χ0) is 11.1. The lowest BCUT2D eigenvalue weighted by Crippen LogP contribution is -2.08. The number of imidazole rings is 1. The van der Waals surface area contributed by atoms with E-state index < -0.39 is 11.9 Å². The molecule has 0 atom stereocenters. The van der Waals surface area contributed by atoms with E-state index in [4.69, 9.17) is 0 Å². The number of alkyl halides is 3. The fraction of sp³-hybridized carbons (Fsp3) is 0.333. The van der Waals surface area contributed by atoms with Gasteiger partial charge in [0.05, 0.1) is 5.69 Å². The van der Waals surface area contributed by atoms with Crippen molar-refractivity contribution in [2.45, 2.75) is 19.5 Å². The highest BCUT2D eigenvalue weighted by molar-refractivity contribution is 5.41. The summed E-state index contributed by atoms with van der Waals surface area (Å²) in [5.74, 6) is 0. The van der Waals surface area contributed by atoms with Gasteiger partial charge in [-0.25, -0.2) is 9.97 Å². The van der Waals surface area contributed by atoms with Crippen LogP contribution in [0.5, 0.6) is 0 Å². The predicted octanol–water partition coefficient (Wildman–Crippen LogP) is 2.31. The van der Waals surface area contributed by atoms with E-state index in [2.05, 4.69) is 9.97 Å². The van der Waals surface area contributed by atoms with E-state index in [0.717, 1.165) is 18.1 Å². The van der Waals surface area contributed by atoms with Crippen LogP contribution in [0.1, 0.15) is 18.3 Å². The normalized spacial score (nSPS) is 12.3. The number of aromatic nitrogens is 3. The Hall–Kier alpha value is -1.59. The zero-order valence-electron chi connectivity index (χ0n) is 7.91. The number of hydrogen-bond donors (Lipinski definition) is 0. The van der Waals surface area contributed by atoms with Crippen LogP contribution in [0.2, 0.25) is 0 Å². The van der Waals surface area contributed by atoms with Crippen LogP contribution in [0.15, 0.2) is 18.6 Å². The fourth-order valence-corrected chi connectivity index (χ4v) is 1.27. The second-order valence-corrected chi connectivity index (χ2v) is 3.12. The van der Waals surface area contributed by atoms with Gasteiger partial charge in [0.15, 0.2) is 0 Å². The van der Waals surface area contributed by atoms with Crippen LogP contribution >= 0.6 is 0 Å². The van der Waals surface area contributed by atoms with Gasteiger partial charge in [0.25, 0.3) is 0 Å². The van der Waals surface area contributed by atoms with Gasteiger partial charge in [0.1, 0.15) is 17.7 Å². The molecule has 3 nitrogen and oxygen atoms in total. The molecule has 0 amide bonds. The highest BCUT2D eigenvalue weighted by Crippen LogP contribution is 2.27. The van der Waals surface area contributed by atoms with Crippen LogP contribution in [0, 0.1) is 0 Å². The van der Waals surface area contributed by atoms with E-state index in [1.807, 2.05) is 6.92 Å². The summed E-state index contributed by atoms with van der Waals surface area (Å²) in [7, 11) is 0. The molecule has 0 aromatic carbocycles. The minimum atomic E-state index is -4.42. The molecule has 0 bridgehead atoms. The van der Waals surface area contributed by atoms with Gasteiger partial charge in [-0.15, -0.1) is 0 Å². The lowest BCUT2D eigenvalue weighted by molar-refractivity contribution is -0.141. The molecular weight excluding hydrogens is 207 g/mol. The Balaban J connectivity index is 2.55. The highest BCUT2D eigenvalue weighted by Gasteiger charge is 2.32. The molecule has 0 aliphatic rings. The van der Waals surface area contributed by atoms with E-state index in [0.29, 0.717) is 6.42 Å². The first kappa shape index (κ1) is 9.95. The van der Waals surface area contributed by atoms with Gasteiger partial charge < -0.3 is 0 Å². The summed E-state index contributed by atoms with van der Waals surface area (Å²) in [6, 6.07) is 0.944. The molecule has 6 heteroatoms. The predicted molar refractivity (Wildman–Crippen MR) is 47.4 cm³/mol. The maximum Gasteiger partial charge on any atom is 0.433 e. The number of fused-ring (bicyclic) bond motifs is 1. The molecule has 2 rings (SSSR count). The summed E-state index contributed by atoms with van der Waals surface area (Å²) >= 11 is 0. The van der Waals surface area contributed by atoms with Crippen LogP contribution in [-0.4, -0.2) is 14.4 Å². The van der Waals surface area contributed by atoms with E-state index in [1.165, 1.54) is 4.40 Å². The smallest absolute Gasteiger partial charge is 0.290 e. The maximum absolute atomic E-state index is 12.3. The van der Waals surface area contributed by atoms with Crippen molar-refractivity contribution in [1.29, 1.82) is 0 Å². The maximum atomic E-state index is 12.3. The van der Waals surface area contributed by atoms with Gasteiger partial charge in [-0.3, -0.25) is 4.40 Å². The Labute approximate surface area is 83.6 Å². The van der Waals surface area contributed by atoms with Gasteiger partial charge in [0, 0.05) is 12.3 Å². The first-order chi connectivity index (χ1) is 7.00. The molecule has 0 radical (unpaired) electrons. The molecule has 2 aromatic heterocycles. The summed E-state index contributed by atoms with van der Waals surface area (Å²) in [5, 5.41) is 0. The molecule has 0 spiro atoms. The van der Waals surface area contributed by atoms with Gasteiger partial charge >= 0.3 is 6.18 Å². The second kappa shape index (κ2) is 3.22. The Bertz CT molecular complexity index is 487. The lowest BCUT2D eigenvalue weighted by Gasteiger charge is -2.04. The van der Waals surface area contributed by atoms with E-state index >= 15 is 0 Å². The Kier molecular flexibility index (Phi) is 2.13. The number of aryl methyl sites for hydroxylation is 1. The van der Waals surface area contributed by atoms with Gasteiger partial charge in [0.2, 0.25) is 0 Å². The zero-order valence-corrected chi connectivity index (χ0v) is 7.91. The molecule has 0 aliphatic heterocycles. The Morgan fingerprint density at radius 1 is 1.40 bits per heavy atom. The van der Waals surface area contributed by atoms with Crippen molar-refractivity contribution in [2.24, 2.45) is 0 Å². The molecule has 2 heterocycles. The number of halogens is 3. The molecule has 0 aliphatic carbocycles. The quantitative estimate of drug-likeness (QED) is 0.730. The SMILES string of the molecule is CCc1cn2cnc(C(F)(F)F)cc2n1. The standard InChI is InChI=1S/C9H8F3N3/c1-2-6-4-15-5-13-7(9(10,11)12)3-8(15)14-6/h3-5H,2H2,1H3. The molecular formula is C9H8F3N3. The van der Waals surface area contributed by atoms with E-state index in [-0.39, 0.29) is 5.65 Å². The minimum Gasteiger partial charge on any atom is -0.290 e. The largest absolute Gasteiger partial charge is 0.433 e. The average molecular weight is 215 g/mol. The second-order valence-electron chi connectivity index (χ2n) is 3.12. The number of nitrogens with zero attached hydrogens (tertiary/aromatic N) is 3. The fourth-order valence-electron chi connectivity index (χ4n) is 1.27. The van der Waals surface area contributed by atoms with Crippen molar-refractivity contribution in [3.8, 4) is 0 Å². The van der Waals surface area contributed by atoms with E-state index in [9.17, 15) is 13.2 Å². The van der Waals surface area contributed by atoms with Crippen molar-refractivity contribution >= 4 is 5.65 Å². The first-order valence-electron chi connectivity index (χ1n) is 4.41. The molecule has 0 unspecified atom stereocenters. The molecule has 0 saturated carbocycles. The summed E-state index contributed by atoms with van der Waals surface area (Å²) in [6.45, 7) is 1.89. The highest BCUT2D eigenvalue weighted by atomic mass is 19.4. The molecule has 0 saturated heterocycles. The summed E-state index contributed by atoms with van der Waals surface area (Å²) in [6.07, 6.45) is -0.935. The van der Waals surface area contributed by atoms with Crippen molar-refractivity contribution in [1.82, 2.24) is 14.4 Å². The van der Waals surface area contributed by atoms with Crippen LogP contribution in [-0.2, 0) is 12.6 Å². The third kappa shape index (κ3) is 1.79. The Morgan fingerprint density at radius 3 is 2.73 bits per heavy atom. The lowest BCUT2D eigenvalue weighted by atomic mass is 10.4. The average Bonchev–Trinajstić information content (AvgIpc) is 2.57. The monoisotopic (exact) mass is 215 g/mol. The summed E-state index contributed by atoms with van der Waals surface area (Å²) in [4.78, 5) is 7.35. The van der Waals surface area contributed by atoms with Crippen molar-refractivity contribution in [3.05, 3.63) is 30.0 Å². The third-order valence-electron chi connectivity index (χ3n) is 2.05.